The van der Waals surface area contributed by atoms with E-state index in [-0.39, 0.29) is 11.1 Å². The summed E-state index contributed by atoms with van der Waals surface area (Å²) in [7, 11) is 1.74. The Morgan fingerprint density at radius 2 is 2.29 bits per heavy atom. The van der Waals surface area contributed by atoms with Crippen LogP contribution in [0.15, 0.2) is 16.8 Å². The van der Waals surface area contributed by atoms with Crippen LogP contribution in [0.1, 0.15) is 30.4 Å². The summed E-state index contributed by atoms with van der Waals surface area (Å²) in [6.07, 6.45) is 3.23. The number of methoxy groups -OCH3 is 1. The topological polar surface area (TPSA) is 73.1 Å². The lowest BCUT2D eigenvalue weighted by atomic mass is 10.1. The number of nitrogen functional groups attached to an aromatic ring is 1. The third kappa shape index (κ3) is 4.18. The van der Waals surface area contributed by atoms with Crippen LogP contribution in [0.5, 0.6) is 0 Å². The van der Waals surface area contributed by atoms with E-state index in [2.05, 4.69) is 27.1 Å². The molecule has 2 heterocycles. The number of thiophene rings is 1. The van der Waals surface area contributed by atoms with Crippen LogP contribution >= 0.6 is 22.9 Å². The number of nitrogens with two attached hydrogens (primary N) is 1. The first-order valence-electron chi connectivity index (χ1n) is 7.78. The predicted molar refractivity (Wildman–Crippen MR) is 98.4 cm³/mol. The molecule has 7 heteroatoms. The van der Waals surface area contributed by atoms with Crippen LogP contribution in [-0.2, 0) is 4.74 Å². The van der Waals surface area contributed by atoms with Gasteiger partial charge in [-0.2, -0.15) is 21.3 Å². The molecular weight excluding hydrogens is 344 g/mol. The van der Waals surface area contributed by atoms with Crippen molar-refractivity contribution in [2.75, 3.05) is 24.8 Å². The Bertz CT molecular complexity index is 754. The van der Waals surface area contributed by atoms with E-state index in [1.54, 1.807) is 18.4 Å². The van der Waals surface area contributed by atoms with Crippen molar-refractivity contribution >= 4 is 34.7 Å². The Hall–Kier alpha value is -1.81. The Kier molecular flexibility index (Phi) is 5.56. The Morgan fingerprint density at radius 3 is 3.04 bits per heavy atom. The largest absolute Gasteiger partial charge is 0.384 e. The van der Waals surface area contributed by atoms with E-state index in [4.69, 9.17) is 22.1 Å². The van der Waals surface area contributed by atoms with Gasteiger partial charge in [-0.25, -0.2) is 0 Å². The zero-order valence-electron chi connectivity index (χ0n) is 13.4. The standard InChI is InChI=1S/C17H19ClN4OS/c1-23-9-12-2-4-13(8-12)20-16-14(15(18)21-17(19)22-16)5-3-11-6-7-24-10-11/h6-7,10,12-13H,2,4,8-9H2,1H3,(H3,19,20,21,22)/t12?,13-/m0/s1. The molecule has 2 aromatic heterocycles. The van der Waals surface area contributed by atoms with Crippen LogP contribution < -0.4 is 11.1 Å². The van der Waals surface area contributed by atoms with Crippen molar-refractivity contribution < 1.29 is 4.74 Å². The van der Waals surface area contributed by atoms with E-state index in [9.17, 15) is 0 Å². The molecule has 0 amide bonds. The molecule has 0 aromatic carbocycles. The molecule has 126 valence electrons. The monoisotopic (exact) mass is 362 g/mol. The van der Waals surface area contributed by atoms with E-state index in [1.807, 2.05) is 16.8 Å². The molecule has 1 unspecified atom stereocenters. The van der Waals surface area contributed by atoms with Crippen LogP contribution in [0.2, 0.25) is 5.15 Å². The summed E-state index contributed by atoms with van der Waals surface area (Å²) < 4.78 is 5.25. The van der Waals surface area contributed by atoms with E-state index < -0.39 is 0 Å². The van der Waals surface area contributed by atoms with Crippen LogP contribution in [0.25, 0.3) is 0 Å². The maximum absolute atomic E-state index is 6.25. The third-order valence-electron chi connectivity index (χ3n) is 4.02. The number of nitrogens with one attached hydrogen (secondary N) is 1. The van der Waals surface area contributed by atoms with Crippen LogP contribution in [0.3, 0.4) is 0 Å². The van der Waals surface area contributed by atoms with Crippen LogP contribution in [0, 0.1) is 17.8 Å². The van der Waals surface area contributed by atoms with Gasteiger partial charge in [-0.1, -0.05) is 23.4 Å². The average molecular weight is 363 g/mol. The Morgan fingerprint density at radius 1 is 1.42 bits per heavy atom. The summed E-state index contributed by atoms with van der Waals surface area (Å²) in [5.41, 5.74) is 7.29. The number of ether oxygens (including phenoxy) is 1. The van der Waals surface area contributed by atoms with E-state index >= 15 is 0 Å². The highest BCUT2D eigenvalue weighted by atomic mass is 35.5. The van der Waals surface area contributed by atoms with Gasteiger partial charge in [-0.05, 0) is 36.6 Å². The molecule has 2 aromatic rings. The third-order valence-corrected chi connectivity index (χ3v) is 4.98. The van der Waals surface area contributed by atoms with Crippen molar-refractivity contribution in [1.29, 1.82) is 0 Å². The van der Waals surface area contributed by atoms with Crippen LogP contribution in [0.4, 0.5) is 11.8 Å². The first kappa shape index (κ1) is 17.0. The highest BCUT2D eigenvalue weighted by Gasteiger charge is 2.25. The molecule has 1 aliphatic carbocycles. The first-order chi connectivity index (χ1) is 11.7. The number of halogens is 1. The maximum Gasteiger partial charge on any atom is 0.223 e. The summed E-state index contributed by atoms with van der Waals surface area (Å²) in [5, 5.41) is 7.69. The van der Waals surface area contributed by atoms with Crippen molar-refractivity contribution in [3.8, 4) is 11.8 Å². The second-order valence-electron chi connectivity index (χ2n) is 5.83. The molecule has 24 heavy (non-hydrogen) atoms. The molecule has 0 bridgehead atoms. The van der Waals surface area contributed by atoms with Gasteiger partial charge in [0, 0.05) is 30.7 Å². The lowest BCUT2D eigenvalue weighted by Crippen LogP contribution is -2.19. The zero-order chi connectivity index (χ0) is 16.9. The number of aromatic nitrogens is 2. The Labute approximate surface area is 150 Å². The molecule has 5 nitrogen and oxygen atoms in total. The molecule has 2 atom stereocenters. The summed E-state index contributed by atoms with van der Waals surface area (Å²) >= 11 is 7.85. The zero-order valence-corrected chi connectivity index (χ0v) is 15.0. The first-order valence-corrected chi connectivity index (χ1v) is 9.10. The Balaban J connectivity index is 1.82. The molecule has 1 fully saturated rings. The number of hydrogen-bond donors (Lipinski definition) is 2. The SMILES string of the molecule is COCC1CC[C@H](Nc2nc(N)nc(Cl)c2C#Cc2ccsc2)C1. The van der Waals surface area contributed by atoms with Gasteiger partial charge in [0.25, 0.3) is 0 Å². The molecule has 3 N–H and O–H groups in total. The maximum atomic E-state index is 6.25. The van der Waals surface area contributed by atoms with Crippen LogP contribution in [-0.4, -0.2) is 29.7 Å². The molecule has 0 radical (unpaired) electrons. The second-order valence-corrected chi connectivity index (χ2v) is 6.97. The van der Waals surface area contributed by atoms with Gasteiger partial charge in [0.1, 0.15) is 11.4 Å². The molecule has 1 aliphatic rings. The second kappa shape index (κ2) is 7.84. The predicted octanol–water partition coefficient (Wildman–Crippen LogP) is 3.40. The normalized spacial score (nSPS) is 19.8. The van der Waals surface area contributed by atoms with Crippen molar-refractivity contribution in [3.63, 3.8) is 0 Å². The molecule has 0 spiro atoms. The lowest BCUT2D eigenvalue weighted by Gasteiger charge is -2.15. The summed E-state index contributed by atoms with van der Waals surface area (Å²) in [4.78, 5) is 8.33. The fraction of sp³-hybridized carbons (Fsp3) is 0.412. The highest BCUT2D eigenvalue weighted by molar-refractivity contribution is 7.08. The minimum atomic E-state index is 0.148. The fourth-order valence-corrected chi connectivity index (χ4v) is 3.73. The van der Waals surface area contributed by atoms with E-state index in [0.717, 1.165) is 31.4 Å². The van der Waals surface area contributed by atoms with Gasteiger partial charge in [0.2, 0.25) is 5.95 Å². The van der Waals surface area contributed by atoms with E-state index in [0.29, 0.717) is 23.3 Å². The van der Waals surface area contributed by atoms with Gasteiger partial charge in [-0.3, -0.25) is 0 Å². The van der Waals surface area contributed by atoms with Crippen molar-refractivity contribution in [2.45, 2.75) is 25.3 Å². The quantitative estimate of drug-likeness (QED) is 0.644. The van der Waals surface area contributed by atoms with Crippen molar-refractivity contribution in [1.82, 2.24) is 9.97 Å². The molecule has 3 rings (SSSR count). The molecule has 1 saturated carbocycles. The molecular formula is C17H19ClN4OS. The average Bonchev–Trinajstić information content (AvgIpc) is 3.19. The number of rotatable bonds is 4. The van der Waals surface area contributed by atoms with Crippen molar-refractivity contribution in [3.05, 3.63) is 33.1 Å². The fourth-order valence-electron chi connectivity index (χ4n) is 2.92. The van der Waals surface area contributed by atoms with Crippen molar-refractivity contribution in [2.24, 2.45) is 5.92 Å². The summed E-state index contributed by atoms with van der Waals surface area (Å²) in [6, 6.07) is 2.28. The molecule has 0 saturated heterocycles. The summed E-state index contributed by atoms with van der Waals surface area (Å²) in [6.45, 7) is 0.787. The van der Waals surface area contributed by atoms with Gasteiger partial charge < -0.3 is 15.8 Å². The highest BCUT2D eigenvalue weighted by Crippen LogP contribution is 2.30. The smallest absolute Gasteiger partial charge is 0.223 e. The van der Waals surface area contributed by atoms with E-state index in [1.165, 1.54) is 0 Å². The summed E-state index contributed by atoms with van der Waals surface area (Å²) in [5.74, 6) is 7.50. The number of anilines is 2. The number of nitrogens with zero attached hydrogens (tertiary/aromatic N) is 2. The van der Waals surface area contributed by atoms with Gasteiger partial charge in [-0.15, -0.1) is 0 Å². The minimum Gasteiger partial charge on any atom is -0.384 e. The van der Waals surface area contributed by atoms with Gasteiger partial charge >= 0.3 is 0 Å². The molecule has 0 aliphatic heterocycles. The lowest BCUT2D eigenvalue weighted by molar-refractivity contribution is 0.154. The number of hydrogen-bond acceptors (Lipinski definition) is 6. The minimum absolute atomic E-state index is 0.148. The van der Waals surface area contributed by atoms with Gasteiger partial charge in [0.15, 0.2) is 5.15 Å². The van der Waals surface area contributed by atoms with Gasteiger partial charge in [0.05, 0.1) is 0 Å².